The van der Waals surface area contributed by atoms with Crippen molar-refractivity contribution in [3.05, 3.63) is 54.1 Å². The van der Waals surface area contributed by atoms with Crippen molar-refractivity contribution in [2.45, 2.75) is 19.8 Å². The van der Waals surface area contributed by atoms with E-state index in [1.807, 2.05) is 24.3 Å². The number of thiocarbonyl (C=S) groups is 1. The molecule has 2 N–H and O–H groups in total. The van der Waals surface area contributed by atoms with Crippen LogP contribution >= 0.6 is 12.2 Å². The van der Waals surface area contributed by atoms with Crippen molar-refractivity contribution in [1.29, 1.82) is 0 Å². The Hall–Kier alpha value is -2.64. The van der Waals surface area contributed by atoms with Gasteiger partial charge in [0, 0.05) is 24.4 Å². The summed E-state index contributed by atoms with van der Waals surface area (Å²) in [5.74, 6) is 1.06. The van der Waals surface area contributed by atoms with Gasteiger partial charge < -0.3 is 19.5 Å². The SMILES string of the molecule is CCCCOc1cccc(C(=O)NC(=S)Nc2cccc(OCCOC)c2)c1. The average molecular weight is 403 g/mol. The number of methoxy groups -OCH3 is 1. The molecule has 7 heteroatoms. The highest BCUT2D eigenvalue weighted by atomic mass is 32.1. The van der Waals surface area contributed by atoms with Crippen molar-refractivity contribution in [2.75, 3.05) is 32.2 Å². The largest absolute Gasteiger partial charge is 0.494 e. The molecule has 0 fully saturated rings. The molecule has 6 nitrogen and oxygen atoms in total. The number of carbonyl (C=O) groups is 1. The Kier molecular flexibility index (Phi) is 9.24. The number of amides is 1. The monoisotopic (exact) mass is 402 g/mol. The topological polar surface area (TPSA) is 68.8 Å². The Morgan fingerprint density at radius 2 is 1.71 bits per heavy atom. The third-order valence-corrected chi connectivity index (χ3v) is 3.94. The Morgan fingerprint density at radius 3 is 2.46 bits per heavy atom. The zero-order chi connectivity index (χ0) is 20.2. The predicted octanol–water partition coefficient (Wildman–Crippen LogP) is 4.02. The number of benzene rings is 2. The van der Waals surface area contributed by atoms with Crippen molar-refractivity contribution in [1.82, 2.24) is 5.32 Å². The van der Waals surface area contributed by atoms with Gasteiger partial charge in [0.1, 0.15) is 18.1 Å². The van der Waals surface area contributed by atoms with Crippen LogP contribution in [-0.2, 0) is 4.74 Å². The molecule has 0 bridgehead atoms. The Morgan fingerprint density at radius 1 is 1.00 bits per heavy atom. The van der Waals surface area contributed by atoms with Gasteiger partial charge in [0.15, 0.2) is 5.11 Å². The highest BCUT2D eigenvalue weighted by Crippen LogP contribution is 2.17. The van der Waals surface area contributed by atoms with E-state index in [2.05, 4.69) is 17.6 Å². The first-order valence-corrected chi connectivity index (χ1v) is 9.60. The first-order chi connectivity index (χ1) is 13.6. The minimum atomic E-state index is -0.300. The van der Waals surface area contributed by atoms with Gasteiger partial charge in [0.25, 0.3) is 5.91 Å². The maximum atomic E-state index is 12.4. The first-order valence-electron chi connectivity index (χ1n) is 9.19. The maximum Gasteiger partial charge on any atom is 0.257 e. The average Bonchev–Trinajstić information content (AvgIpc) is 2.69. The number of carbonyl (C=O) groups excluding carboxylic acids is 1. The zero-order valence-electron chi connectivity index (χ0n) is 16.2. The van der Waals surface area contributed by atoms with Gasteiger partial charge in [-0.3, -0.25) is 10.1 Å². The van der Waals surface area contributed by atoms with Gasteiger partial charge in [0.2, 0.25) is 0 Å². The molecule has 0 unspecified atom stereocenters. The van der Waals surface area contributed by atoms with Crippen LogP contribution in [0.3, 0.4) is 0 Å². The number of unbranched alkanes of at least 4 members (excludes halogenated alkanes) is 1. The molecule has 0 saturated heterocycles. The normalized spacial score (nSPS) is 10.2. The summed E-state index contributed by atoms with van der Waals surface area (Å²) in [4.78, 5) is 12.4. The lowest BCUT2D eigenvalue weighted by molar-refractivity contribution is 0.0977. The highest BCUT2D eigenvalue weighted by Gasteiger charge is 2.09. The molecule has 1 amide bonds. The second-order valence-electron chi connectivity index (χ2n) is 6.01. The molecular weight excluding hydrogens is 376 g/mol. The molecule has 0 aromatic heterocycles. The maximum absolute atomic E-state index is 12.4. The van der Waals surface area contributed by atoms with Crippen LogP contribution in [0.4, 0.5) is 5.69 Å². The number of nitrogens with one attached hydrogen (secondary N) is 2. The fourth-order valence-electron chi connectivity index (χ4n) is 2.31. The number of ether oxygens (including phenoxy) is 3. The number of hydrogen-bond donors (Lipinski definition) is 2. The molecule has 0 aliphatic carbocycles. The predicted molar refractivity (Wildman–Crippen MR) is 114 cm³/mol. The molecule has 0 saturated carbocycles. The number of hydrogen-bond acceptors (Lipinski definition) is 5. The Bertz CT molecular complexity index is 783. The van der Waals surface area contributed by atoms with E-state index in [0.29, 0.717) is 36.9 Å². The highest BCUT2D eigenvalue weighted by molar-refractivity contribution is 7.80. The summed E-state index contributed by atoms with van der Waals surface area (Å²) in [5.41, 5.74) is 1.20. The Labute approximate surface area is 171 Å². The van der Waals surface area contributed by atoms with Crippen LogP contribution in [0.2, 0.25) is 0 Å². The van der Waals surface area contributed by atoms with E-state index in [0.717, 1.165) is 18.5 Å². The van der Waals surface area contributed by atoms with E-state index in [4.69, 9.17) is 26.4 Å². The molecule has 150 valence electrons. The van der Waals surface area contributed by atoms with Gasteiger partial charge in [-0.1, -0.05) is 25.5 Å². The number of anilines is 1. The van der Waals surface area contributed by atoms with Crippen LogP contribution in [0.1, 0.15) is 30.1 Å². The van der Waals surface area contributed by atoms with E-state index in [1.165, 1.54) is 0 Å². The van der Waals surface area contributed by atoms with Crippen molar-refractivity contribution in [2.24, 2.45) is 0 Å². The lowest BCUT2D eigenvalue weighted by Crippen LogP contribution is -2.34. The van der Waals surface area contributed by atoms with Crippen LogP contribution in [0.5, 0.6) is 11.5 Å². The van der Waals surface area contributed by atoms with E-state index in [1.54, 1.807) is 31.4 Å². The molecule has 0 aliphatic heterocycles. The van der Waals surface area contributed by atoms with Crippen LogP contribution in [-0.4, -0.2) is 38.0 Å². The molecule has 2 aromatic carbocycles. The molecule has 28 heavy (non-hydrogen) atoms. The van der Waals surface area contributed by atoms with Crippen molar-refractivity contribution in [3.63, 3.8) is 0 Å². The van der Waals surface area contributed by atoms with Gasteiger partial charge >= 0.3 is 0 Å². The molecule has 0 heterocycles. The summed E-state index contributed by atoms with van der Waals surface area (Å²) < 4.78 is 16.2. The molecule has 0 aliphatic rings. The minimum Gasteiger partial charge on any atom is -0.494 e. The summed E-state index contributed by atoms with van der Waals surface area (Å²) in [7, 11) is 1.62. The lowest BCUT2D eigenvalue weighted by atomic mass is 10.2. The van der Waals surface area contributed by atoms with Gasteiger partial charge in [-0.15, -0.1) is 0 Å². The molecule has 2 rings (SSSR count). The third-order valence-electron chi connectivity index (χ3n) is 3.74. The smallest absolute Gasteiger partial charge is 0.257 e. The van der Waals surface area contributed by atoms with Crippen molar-refractivity contribution in [3.8, 4) is 11.5 Å². The summed E-state index contributed by atoms with van der Waals surface area (Å²) in [6, 6.07) is 14.4. The lowest BCUT2D eigenvalue weighted by Gasteiger charge is -2.12. The zero-order valence-corrected chi connectivity index (χ0v) is 17.0. The van der Waals surface area contributed by atoms with E-state index < -0.39 is 0 Å². The second-order valence-corrected chi connectivity index (χ2v) is 6.42. The third kappa shape index (κ3) is 7.54. The van der Waals surface area contributed by atoms with E-state index in [-0.39, 0.29) is 11.0 Å². The summed E-state index contributed by atoms with van der Waals surface area (Å²) in [6.07, 6.45) is 2.03. The van der Waals surface area contributed by atoms with Crippen LogP contribution < -0.4 is 20.1 Å². The molecular formula is C21H26N2O4S. The molecule has 0 spiro atoms. The van der Waals surface area contributed by atoms with Gasteiger partial charge in [-0.2, -0.15) is 0 Å². The summed E-state index contributed by atoms with van der Waals surface area (Å²) in [5, 5.41) is 5.87. The Balaban J connectivity index is 1.89. The number of rotatable bonds is 10. The minimum absolute atomic E-state index is 0.205. The van der Waals surface area contributed by atoms with Gasteiger partial charge in [-0.05, 0) is 49.0 Å². The molecule has 2 aromatic rings. The summed E-state index contributed by atoms with van der Waals surface area (Å²) >= 11 is 5.25. The summed E-state index contributed by atoms with van der Waals surface area (Å²) in [6.45, 7) is 3.69. The van der Waals surface area contributed by atoms with Crippen molar-refractivity contribution >= 4 is 28.9 Å². The van der Waals surface area contributed by atoms with Crippen LogP contribution in [0, 0.1) is 0 Å². The van der Waals surface area contributed by atoms with Crippen molar-refractivity contribution < 1.29 is 19.0 Å². The van der Waals surface area contributed by atoms with E-state index in [9.17, 15) is 4.79 Å². The fraction of sp³-hybridized carbons (Fsp3) is 0.333. The van der Waals surface area contributed by atoms with Crippen LogP contribution in [0.15, 0.2) is 48.5 Å². The van der Waals surface area contributed by atoms with Gasteiger partial charge in [-0.25, -0.2) is 0 Å². The van der Waals surface area contributed by atoms with Gasteiger partial charge in [0.05, 0.1) is 13.2 Å². The van der Waals surface area contributed by atoms with E-state index >= 15 is 0 Å². The first kappa shape index (κ1) is 21.7. The molecule has 0 atom stereocenters. The quantitative estimate of drug-likeness (QED) is 0.462. The standard InChI is InChI=1S/C21H26N2O4S/c1-3-4-11-26-18-9-5-7-16(14-18)20(24)23-21(28)22-17-8-6-10-19(15-17)27-13-12-25-2/h5-10,14-15H,3-4,11-13H2,1-2H3,(H2,22,23,24,28). The second kappa shape index (κ2) is 11.9. The molecule has 0 radical (unpaired) electrons. The fourth-order valence-corrected chi connectivity index (χ4v) is 2.52. The van der Waals surface area contributed by atoms with Crippen LogP contribution in [0.25, 0.3) is 0 Å².